The van der Waals surface area contributed by atoms with E-state index in [9.17, 15) is 9.90 Å². The first-order valence-corrected chi connectivity index (χ1v) is 9.31. The van der Waals surface area contributed by atoms with Crippen molar-refractivity contribution in [2.24, 2.45) is 5.92 Å². The summed E-state index contributed by atoms with van der Waals surface area (Å²) in [7, 11) is 0. The summed E-state index contributed by atoms with van der Waals surface area (Å²) in [4.78, 5) is 11.0. The van der Waals surface area contributed by atoms with Gasteiger partial charge < -0.3 is 14.9 Å². The molecule has 0 saturated carbocycles. The third-order valence-corrected chi connectivity index (χ3v) is 5.20. The van der Waals surface area contributed by atoms with Gasteiger partial charge in [-0.3, -0.25) is 4.79 Å². The average molecular weight is 556 g/mol. The van der Waals surface area contributed by atoms with Gasteiger partial charge in [0.1, 0.15) is 11.5 Å². The minimum Gasteiger partial charge on any atom is -0.507 e. The molecule has 0 aliphatic heterocycles. The molecule has 7 heteroatoms. The Morgan fingerprint density at radius 2 is 1.87 bits per heavy atom. The van der Waals surface area contributed by atoms with Crippen molar-refractivity contribution in [1.82, 2.24) is 0 Å². The average Bonchev–Trinajstić information content (AvgIpc) is 2.46. The van der Waals surface area contributed by atoms with Crippen molar-refractivity contribution in [2.75, 3.05) is 0 Å². The van der Waals surface area contributed by atoms with Crippen LogP contribution in [0.2, 0.25) is 0 Å². The standard InChI is InChI=1S/C16H13Br2IO4/c1-8(16(21)22)4-9-5-11(17)15(12(18)6-9)23-10-2-3-14(20)13(19)7-10/h2-3,5-8,20H,4H2,1H3,(H,21,22). The number of benzene rings is 2. The highest BCUT2D eigenvalue weighted by Crippen LogP contribution is 2.39. The van der Waals surface area contributed by atoms with Gasteiger partial charge in [0.25, 0.3) is 0 Å². The first-order chi connectivity index (χ1) is 10.8. The van der Waals surface area contributed by atoms with Crippen molar-refractivity contribution in [3.63, 3.8) is 0 Å². The summed E-state index contributed by atoms with van der Waals surface area (Å²) >= 11 is 8.95. The maximum Gasteiger partial charge on any atom is 0.306 e. The van der Waals surface area contributed by atoms with Gasteiger partial charge in [-0.1, -0.05) is 6.92 Å². The normalized spacial score (nSPS) is 12.0. The Morgan fingerprint density at radius 3 is 2.39 bits per heavy atom. The number of phenolic OH excluding ortho intramolecular Hbond substituents is 1. The van der Waals surface area contributed by atoms with Crippen molar-refractivity contribution in [3.05, 3.63) is 48.4 Å². The van der Waals surface area contributed by atoms with Crippen LogP contribution in [0.15, 0.2) is 39.3 Å². The van der Waals surface area contributed by atoms with E-state index in [4.69, 9.17) is 9.84 Å². The van der Waals surface area contributed by atoms with Crippen LogP contribution in [0.3, 0.4) is 0 Å². The molecule has 0 fully saturated rings. The summed E-state index contributed by atoms with van der Waals surface area (Å²) in [6.45, 7) is 1.67. The molecule has 2 aromatic rings. The highest BCUT2D eigenvalue weighted by Gasteiger charge is 2.15. The zero-order valence-corrected chi connectivity index (χ0v) is 17.3. The molecule has 1 atom stereocenters. The molecule has 0 radical (unpaired) electrons. The summed E-state index contributed by atoms with van der Waals surface area (Å²) in [6, 6.07) is 8.68. The molecule has 122 valence electrons. The Kier molecular flexibility index (Phi) is 6.33. The second-order valence-electron chi connectivity index (χ2n) is 5.05. The molecule has 0 saturated heterocycles. The fourth-order valence-corrected chi connectivity index (χ4v) is 3.87. The van der Waals surface area contributed by atoms with Crippen LogP contribution in [0.1, 0.15) is 12.5 Å². The predicted octanol–water partition coefficient (Wildman–Crippen LogP) is 5.58. The van der Waals surface area contributed by atoms with Crippen LogP contribution >= 0.6 is 54.5 Å². The fraction of sp³-hybridized carbons (Fsp3) is 0.188. The number of aliphatic carboxylic acids is 1. The first-order valence-electron chi connectivity index (χ1n) is 6.65. The van der Waals surface area contributed by atoms with Crippen molar-refractivity contribution < 1.29 is 19.7 Å². The van der Waals surface area contributed by atoms with Crippen molar-refractivity contribution >= 4 is 60.4 Å². The van der Waals surface area contributed by atoms with E-state index in [1.165, 1.54) is 0 Å². The molecule has 0 aliphatic carbocycles. The Labute approximate surface area is 164 Å². The molecule has 1 unspecified atom stereocenters. The van der Waals surface area contributed by atoms with Gasteiger partial charge in [0.05, 0.1) is 18.4 Å². The lowest BCUT2D eigenvalue weighted by Gasteiger charge is -2.13. The molecular formula is C16H13Br2IO4. The maximum atomic E-state index is 11.0. The maximum absolute atomic E-state index is 11.0. The Hall–Kier alpha value is -0.800. The van der Waals surface area contributed by atoms with Gasteiger partial charge in [-0.2, -0.15) is 0 Å². The molecule has 0 amide bonds. The fourth-order valence-electron chi connectivity index (χ4n) is 1.94. The second-order valence-corrected chi connectivity index (χ2v) is 7.92. The number of hydrogen-bond acceptors (Lipinski definition) is 3. The molecule has 0 aromatic heterocycles. The molecule has 0 heterocycles. The number of carboxylic acid groups (broad SMARTS) is 1. The van der Waals surface area contributed by atoms with E-state index >= 15 is 0 Å². The molecule has 0 spiro atoms. The number of rotatable bonds is 5. The van der Waals surface area contributed by atoms with Crippen LogP contribution < -0.4 is 4.74 Å². The minimum absolute atomic E-state index is 0.203. The second kappa shape index (κ2) is 7.85. The van der Waals surface area contributed by atoms with E-state index in [0.29, 0.717) is 21.5 Å². The van der Waals surface area contributed by atoms with Gasteiger partial charge in [-0.05, 0) is 96.8 Å². The van der Waals surface area contributed by atoms with Crippen LogP contribution in [0.25, 0.3) is 0 Å². The van der Waals surface area contributed by atoms with Crippen molar-refractivity contribution in [3.8, 4) is 17.2 Å². The summed E-state index contributed by atoms with van der Waals surface area (Å²) in [5.41, 5.74) is 0.895. The van der Waals surface area contributed by atoms with Gasteiger partial charge in [-0.15, -0.1) is 0 Å². The smallest absolute Gasteiger partial charge is 0.306 e. The van der Waals surface area contributed by atoms with Crippen molar-refractivity contribution in [2.45, 2.75) is 13.3 Å². The summed E-state index contributed by atoms with van der Waals surface area (Å²) in [6.07, 6.45) is 0.434. The van der Waals surface area contributed by atoms with Gasteiger partial charge in [0.2, 0.25) is 0 Å². The molecule has 23 heavy (non-hydrogen) atoms. The number of aromatic hydroxyl groups is 1. The number of halogens is 3. The minimum atomic E-state index is -0.823. The SMILES string of the molecule is CC(Cc1cc(Br)c(Oc2ccc(O)c(I)c2)c(Br)c1)C(=O)O. The molecular weight excluding hydrogens is 543 g/mol. The van der Waals surface area contributed by atoms with Crippen LogP contribution in [0, 0.1) is 9.49 Å². The highest BCUT2D eigenvalue weighted by atomic mass is 127. The van der Waals surface area contributed by atoms with E-state index in [1.807, 2.05) is 34.7 Å². The quantitative estimate of drug-likeness (QED) is 0.473. The Morgan fingerprint density at radius 1 is 1.26 bits per heavy atom. The van der Waals surface area contributed by atoms with Crippen LogP contribution in [0.5, 0.6) is 17.2 Å². The number of hydrogen-bond donors (Lipinski definition) is 2. The lowest BCUT2D eigenvalue weighted by atomic mass is 10.0. The summed E-state index contributed by atoms with van der Waals surface area (Å²) in [5, 5.41) is 18.6. The number of phenols is 1. The van der Waals surface area contributed by atoms with E-state index in [2.05, 4.69) is 31.9 Å². The van der Waals surface area contributed by atoms with E-state index in [1.54, 1.807) is 25.1 Å². The predicted molar refractivity (Wildman–Crippen MR) is 103 cm³/mol. The van der Waals surface area contributed by atoms with E-state index in [0.717, 1.165) is 14.5 Å². The lowest BCUT2D eigenvalue weighted by molar-refractivity contribution is -0.141. The van der Waals surface area contributed by atoms with Crippen LogP contribution in [-0.2, 0) is 11.2 Å². The molecule has 4 nitrogen and oxygen atoms in total. The molecule has 2 N–H and O–H groups in total. The zero-order valence-electron chi connectivity index (χ0n) is 12.0. The third-order valence-electron chi connectivity index (χ3n) is 3.16. The largest absolute Gasteiger partial charge is 0.507 e. The van der Waals surface area contributed by atoms with Crippen molar-refractivity contribution in [1.29, 1.82) is 0 Å². The topological polar surface area (TPSA) is 66.8 Å². The molecule has 0 aliphatic rings. The van der Waals surface area contributed by atoms with Crippen LogP contribution in [0.4, 0.5) is 0 Å². The first kappa shape index (κ1) is 18.5. The summed E-state index contributed by atoms with van der Waals surface area (Å²) in [5.74, 6) is 0.114. The Bertz CT molecular complexity index is 726. The molecule has 0 bridgehead atoms. The van der Waals surface area contributed by atoms with Gasteiger partial charge >= 0.3 is 5.97 Å². The van der Waals surface area contributed by atoms with E-state index in [-0.39, 0.29) is 5.75 Å². The number of carboxylic acids is 1. The highest BCUT2D eigenvalue weighted by molar-refractivity contribution is 14.1. The number of ether oxygens (including phenoxy) is 1. The van der Waals surface area contributed by atoms with Crippen LogP contribution in [-0.4, -0.2) is 16.2 Å². The lowest BCUT2D eigenvalue weighted by Crippen LogP contribution is -2.12. The van der Waals surface area contributed by atoms with Gasteiger partial charge in [-0.25, -0.2) is 0 Å². The third kappa shape index (κ3) is 4.84. The Balaban J connectivity index is 2.26. The number of carbonyl (C=O) groups is 1. The summed E-state index contributed by atoms with van der Waals surface area (Å²) < 4.78 is 8.00. The molecule has 2 aromatic carbocycles. The zero-order chi connectivity index (χ0) is 17.1. The van der Waals surface area contributed by atoms with Gasteiger partial charge in [0, 0.05) is 0 Å². The monoisotopic (exact) mass is 554 g/mol. The van der Waals surface area contributed by atoms with Gasteiger partial charge in [0.15, 0.2) is 5.75 Å². The molecule has 2 rings (SSSR count). The van der Waals surface area contributed by atoms with E-state index < -0.39 is 11.9 Å².